The van der Waals surface area contributed by atoms with Crippen molar-refractivity contribution >= 4 is 23.4 Å². The Bertz CT molecular complexity index is 589. The molecule has 1 aromatic rings. The topological polar surface area (TPSA) is 60.1 Å². The second-order valence-corrected chi connectivity index (χ2v) is 7.16. The fourth-order valence-corrected chi connectivity index (χ4v) is 2.48. The zero-order valence-corrected chi connectivity index (χ0v) is 15.3. The molecule has 23 heavy (non-hydrogen) atoms. The number of anilines is 1. The minimum absolute atomic E-state index is 0.158. The molecule has 0 aliphatic carbocycles. The molecule has 1 fully saturated rings. The molecule has 1 unspecified atom stereocenters. The van der Waals surface area contributed by atoms with Crippen molar-refractivity contribution < 1.29 is 19.0 Å². The van der Waals surface area contributed by atoms with Crippen LogP contribution >= 0.6 is 11.6 Å². The molecule has 1 aromatic carbocycles. The zero-order valence-electron chi connectivity index (χ0n) is 14.5. The van der Waals surface area contributed by atoms with Gasteiger partial charge < -0.3 is 14.2 Å². The van der Waals surface area contributed by atoms with E-state index in [9.17, 15) is 4.79 Å². The average Bonchev–Trinajstić information content (AvgIpc) is 3.23. The Labute approximate surface area is 142 Å². The lowest BCUT2D eigenvalue weighted by molar-refractivity contribution is 0.0635. The Morgan fingerprint density at radius 2 is 1.87 bits per heavy atom. The number of amides is 1. The third kappa shape index (κ3) is 4.52. The van der Waals surface area contributed by atoms with Gasteiger partial charge in [0.05, 0.1) is 17.3 Å². The standard InChI is InChI=1S/C17H24ClNO4/c1-9-10(2)15(22-8-12-7-21-12)13(18)11(3)14(9)19-16(20)23-17(4,5)6/h12H,7-8H2,1-6H3,(H,19,20). The van der Waals surface area contributed by atoms with Crippen LogP contribution in [-0.2, 0) is 9.47 Å². The van der Waals surface area contributed by atoms with E-state index in [2.05, 4.69) is 5.32 Å². The molecule has 0 aromatic heterocycles. The molecule has 0 spiro atoms. The predicted molar refractivity (Wildman–Crippen MR) is 90.8 cm³/mol. The van der Waals surface area contributed by atoms with Gasteiger partial charge in [0.1, 0.15) is 24.1 Å². The summed E-state index contributed by atoms with van der Waals surface area (Å²) < 4.78 is 16.3. The van der Waals surface area contributed by atoms with Crippen LogP contribution in [0.1, 0.15) is 37.5 Å². The van der Waals surface area contributed by atoms with E-state index in [1.165, 1.54) is 0 Å². The highest BCUT2D eigenvalue weighted by atomic mass is 35.5. The summed E-state index contributed by atoms with van der Waals surface area (Å²) in [7, 11) is 0. The largest absolute Gasteiger partial charge is 0.489 e. The minimum atomic E-state index is -0.557. The number of epoxide rings is 1. The van der Waals surface area contributed by atoms with Gasteiger partial charge in [-0.1, -0.05) is 11.6 Å². The molecular formula is C17H24ClNO4. The maximum absolute atomic E-state index is 12.0. The Morgan fingerprint density at radius 3 is 2.39 bits per heavy atom. The van der Waals surface area contributed by atoms with Gasteiger partial charge in [-0.15, -0.1) is 0 Å². The Morgan fingerprint density at radius 1 is 1.26 bits per heavy atom. The van der Waals surface area contributed by atoms with Crippen molar-refractivity contribution in [1.82, 2.24) is 0 Å². The monoisotopic (exact) mass is 341 g/mol. The van der Waals surface area contributed by atoms with Gasteiger partial charge in [0, 0.05) is 0 Å². The lowest BCUT2D eigenvalue weighted by Gasteiger charge is -2.23. The highest BCUT2D eigenvalue weighted by Crippen LogP contribution is 2.40. The van der Waals surface area contributed by atoms with E-state index in [1.54, 1.807) is 0 Å². The summed E-state index contributed by atoms with van der Waals surface area (Å²) in [5, 5.41) is 3.30. The van der Waals surface area contributed by atoms with Crippen molar-refractivity contribution in [3.8, 4) is 5.75 Å². The van der Waals surface area contributed by atoms with Gasteiger partial charge in [0.2, 0.25) is 0 Å². The molecule has 0 radical (unpaired) electrons. The molecule has 6 heteroatoms. The van der Waals surface area contributed by atoms with Crippen LogP contribution in [0, 0.1) is 20.8 Å². The van der Waals surface area contributed by atoms with Crippen LogP contribution < -0.4 is 10.1 Å². The number of carbonyl (C=O) groups excluding carboxylic acids is 1. The molecule has 0 bridgehead atoms. The highest BCUT2D eigenvalue weighted by Gasteiger charge is 2.26. The lowest BCUT2D eigenvalue weighted by Crippen LogP contribution is -2.27. The first-order valence-corrected chi connectivity index (χ1v) is 8.01. The van der Waals surface area contributed by atoms with Crippen LogP contribution in [0.25, 0.3) is 0 Å². The number of nitrogens with one attached hydrogen (secondary N) is 1. The zero-order chi connectivity index (χ0) is 17.4. The van der Waals surface area contributed by atoms with Crippen LogP contribution in [0.2, 0.25) is 5.02 Å². The third-order valence-electron chi connectivity index (χ3n) is 3.62. The van der Waals surface area contributed by atoms with E-state index in [-0.39, 0.29) is 6.10 Å². The SMILES string of the molecule is Cc1c(C)c(OCC2CO2)c(Cl)c(C)c1NC(=O)OC(C)(C)C. The summed E-state index contributed by atoms with van der Waals surface area (Å²) in [4.78, 5) is 12.0. The van der Waals surface area contributed by atoms with Crippen molar-refractivity contribution in [2.75, 3.05) is 18.5 Å². The van der Waals surface area contributed by atoms with Gasteiger partial charge in [-0.05, 0) is 58.2 Å². The smallest absolute Gasteiger partial charge is 0.412 e. The Hall–Kier alpha value is -1.46. The fraction of sp³-hybridized carbons (Fsp3) is 0.588. The van der Waals surface area contributed by atoms with Gasteiger partial charge in [-0.25, -0.2) is 4.79 Å². The van der Waals surface area contributed by atoms with Gasteiger partial charge >= 0.3 is 6.09 Å². The number of hydrogen-bond donors (Lipinski definition) is 1. The normalized spacial score (nSPS) is 16.9. The van der Waals surface area contributed by atoms with Crippen LogP contribution in [0.15, 0.2) is 0 Å². The molecule has 1 atom stereocenters. The van der Waals surface area contributed by atoms with Gasteiger partial charge in [0.15, 0.2) is 0 Å². The average molecular weight is 342 g/mol. The van der Waals surface area contributed by atoms with Crippen LogP contribution in [-0.4, -0.2) is 31.0 Å². The van der Waals surface area contributed by atoms with E-state index in [4.69, 9.17) is 25.8 Å². The second-order valence-electron chi connectivity index (χ2n) is 6.79. The molecule has 1 aliphatic heterocycles. The van der Waals surface area contributed by atoms with E-state index in [1.807, 2.05) is 41.5 Å². The van der Waals surface area contributed by atoms with Gasteiger partial charge in [-0.2, -0.15) is 0 Å². The number of carbonyl (C=O) groups is 1. The van der Waals surface area contributed by atoms with E-state index in [0.717, 1.165) is 23.3 Å². The molecule has 2 rings (SSSR count). The molecular weight excluding hydrogens is 318 g/mol. The number of ether oxygens (including phenoxy) is 3. The third-order valence-corrected chi connectivity index (χ3v) is 4.08. The maximum Gasteiger partial charge on any atom is 0.412 e. The molecule has 1 N–H and O–H groups in total. The Balaban J connectivity index is 2.24. The van der Waals surface area contributed by atoms with Crippen molar-refractivity contribution in [2.45, 2.75) is 53.2 Å². The fourth-order valence-electron chi connectivity index (χ4n) is 2.19. The summed E-state index contributed by atoms with van der Waals surface area (Å²) in [6.07, 6.45) is -0.343. The predicted octanol–water partition coefficient (Wildman–Crippen LogP) is 4.39. The number of hydrogen-bond acceptors (Lipinski definition) is 4. The number of rotatable bonds is 4. The van der Waals surface area contributed by atoms with Crippen LogP contribution in [0.4, 0.5) is 10.5 Å². The second kappa shape index (κ2) is 6.57. The first kappa shape index (κ1) is 17.9. The van der Waals surface area contributed by atoms with Crippen molar-refractivity contribution in [2.24, 2.45) is 0 Å². The van der Waals surface area contributed by atoms with Crippen molar-refractivity contribution in [3.63, 3.8) is 0 Å². The van der Waals surface area contributed by atoms with Crippen molar-refractivity contribution in [3.05, 3.63) is 21.7 Å². The molecule has 1 heterocycles. The first-order chi connectivity index (χ1) is 10.6. The summed E-state index contributed by atoms with van der Waals surface area (Å²) in [5.41, 5.74) is 2.67. The molecule has 0 saturated carbocycles. The quantitative estimate of drug-likeness (QED) is 0.825. The summed E-state index contributed by atoms with van der Waals surface area (Å²) in [5.74, 6) is 0.645. The number of halogens is 1. The van der Waals surface area contributed by atoms with Gasteiger partial charge in [-0.3, -0.25) is 5.32 Å². The van der Waals surface area contributed by atoms with Crippen LogP contribution in [0.3, 0.4) is 0 Å². The number of benzene rings is 1. The summed E-state index contributed by atoms with van der Waals surface area (Å²) >= 11 is 6.44. The lowest BCUT2D eigenvalue weighted by atomic mass is 10.0. The minimum Gasteiger partial charge on any atom is -0.489 e. The van der Waals surface area contributed by atoms with Crippen LogP contribution in [0.5, 0.6) is 5.75 Å². The highest BCUT2D eigenvalue weighted by molar-refractivity contribution is 6.33. The van der Waals surface area contributed by atoms with E-state index < -0.39 is 11.7 Å². The van der Waals surface area contributed by atoms with Gasteiger partial charge in [0.25, 0.3) is 0 Å². The summed E-state index contributed by atoms with van der Waals surface area (Å²) in [6.45, 7) is 12.4. The molecule has 5 nitrogen and oxygen atoms in total. The molecule has 128 valence electrons. The molecule has 1 amide bonds. The molecule has 1 aliphatic rings. The Kier molecular flexibility index (Phi) is 5.11. The summed E-state index contributed by atoms with van der Waals surface area (Å²) in [6, 6.07) is 0. The first-order valence-electron chi connectivity index (χ1n) is 7.64. The van der Waals surface area contributed by atoms with Crippen molar-refractivity contribution in [1.29, 1.82) is 0 Å². The van der Waals surface area contributed by atoms with E-state index in [0.29, 0.717) is 23.1 Å². The maximum atomic E-state index is 12.0. The molecule has 1 saturated heterocycles. The van der Waals surface area contributed by atoms with E-state index >= 15 is 0 Å².